The van der Waals surface area contributed by atoms with Crippen molar-refractivity contribution in [2.75, 3.05) is 7.11 Å². The molecule has 0 N–H and O–H groups in total. The lowest BCUT2D eigenvalue weighted by Gasteiger charge is -2.14. The van der Waals surface area contributed by atoms with Gasteiger partial charge in [-0.05, 0) is 31.9 Å². The third-order valence-electron chi connectivity index (χ3n) is 3.10. The molecule has 0 aliphatic heterocycles. The molecule has 0 aliphatic carbocycles. The van der Waals surface area contributed by atoms with E-state index in [0.29, 0.717) is 11.3 Å². The highest BCUT2D eigenvalue weighted by atomic mass is 16.5. The molecule has 0 unspecified atom stereocenters. The number of carbonyl (C=O) groups excluding carboxylic acids is 1. The van der Waals surface area contributed by atoms with Gasteiger partial charge >= 0.3 is 5.97 Å². The first-order valence-corrected chi connectivity index (χ1v) is 7.03. The molecule has 0 spiro atoms. The SMILES string of the molecule is CCCCCC[C@H](C)OC(=O)c1ccccc1OC. The van der Waals surface area contributed by atoms with E-state index in [1.54, 1.807) is 19.2 Å². The van der Waals surface area contributed by atoms with Crippen LogP contribution in [0.1, 0.15) is 56.3 Å². The Morgan fingerprint density at radius 1 is 1.21 bits per heavy atom. The van der Waals surface area contributed by atoms with E-state index in [1.807, 2.05) is 19.1 Å². The molecule has 1 aromatic rings. The normalized spacial score (nSPS) is 11.9. The average molecular weight is 264 g/mol. The Morgan fingerprint density at radius 3 is 2.63 bits per heavy atom. The zero-order chi connectivity index (χ0) is 14.1. The maximum absolute atomic E-state index is 12.0. The second-order valence-corrected chi connectivity index (χ2v) is 4.77. The van der Waals surface area contributed by atoms with Crippen LogP contribution in [0.25, 0.3) is 0 Å². The van der Waals surface area contributed by atoms with Crippen LogP contribution in [-0.4, -0.2) is 19.2 Å². The number of carbonyl (C=O) groups is 1. The van der Waals surface area contributed by atoms with Crippen LogP contribution < -0.4 is 4.74 Å². The van der Waals surface area contributed by atoms with Crippen LogP contribution >= 0.6 is 0 Å². The van der Waals surface area contributed by atoms with Gasteiger partial charge in [-0.1, -0.05) is 38.3 Å². The zero-order valence-corrected chi connectivity index (χ0v) is 12.1. The summed E-state index contributed by atoms with van der Waals surface area (Å²) in [5, 5.41) is 0. The minimum Gasteiger partial charge on any atom is -0.496 e. The number of para-hydroxylation sites is 1. The van der Waals surface area contributed by atoms with E-state index in [2.05, 4.69) is 6.92 Å². The van der Waals surface area contributed by atoms with Crippen molar-refractivity contribution < 1.29 is 14.3 Å². The van der Waals surface area contributed by atoms with Crippen LogP contribution in [0.4, 0.5) is 0 Å². The number of hydrogen-bond acceptors (Lipinski definition) is 3. The largest absolute Gasteiger partial charge is 0.496 e. The number of ether oxygens (including phenoxy) is 2. The molecule has 0 aromatic heterocycles. The molecule has 0 radical (unpaired) electrons. The smallest absolute Gasteiger partial charge is 0.342 e. The summed E-state index contributed by atoms with van der Waals surface area (Å²) < 4.78 is 10.6. The molecular formula is C16H24O3. The van der Waals surface area contributed by atoms with E-state index in [9.17, 15) is 4.79 Å². The van der Waals surface area contributed by atoms with Gasteiger partial charge in [0.15, 0.2) is 0 Å². The number of rotatable bonds is 8. The lowest BCUT2D eigenvalue weighted by atomic mass is 10.1. The first-order valence-electron chi connectivity index (χ1n) is 7.03. The van der Waals surface area contributed by atoms with E-state index in [1.165, 1.54) is 19.3 Å². The van der Waals surface area contributed by atoms with Gasteiger partial charge in [0, 0.05) is 0 Å². The Bertz CT molecular complexity index is 387. The fourth-order valence-electron chi connectivity index (χ4n) is 1.98. The number of hydrogen-bond donors (Lipinski definition) is 0. The van der Waals surface area contributed by atoms with E-state index in [4.69, 9.17) is 9.47 Å². The highest BCUT2D eigenvalue weighted by molar-refractivity contribution is 5.92. The number of methoxy groups -OCH3 is 1. The van der Waals surface area contributed by atoms with Gasteiger partial charge in [-0.2, -0.15) is 0 Å². The van der Waals surface area contributed by atoms with Crippen molar-refractivity contribution >= 4 is 5.97 Å². The number of esters is 1. The predicted octanol–water partition coefficient (Wildman–Crippen LogP) is 4.21. The van der Waals surface area contributed by atoms with Crippen molar-refractivity contribution in [1.82, 2.24) is 0 Å². The molecule has 0 aliphatic rings. The van der Waals surface area contributed by atoms with Gasteiger partial charge in [-0.3, -0.25) is 0 Å². The van der Waals surface area contributed by atoms with Crippen LogP contribution in [0.3, 0.4) is 0 Å². The highest BCUT2D eigenvalue weighted by Crippen LogP contribution is 2.19. The summed E-state index contributed by atoms with van der Waals surface area (Å²) in [5.74, 6) is 0.256. The summed E-state index contributed by atoms with van der Waals surface area (Å²) in [6, 6.07) is 7.14. The molecule has 0 fully saturated rings. The van der Waals surface area contributed by atoms with Gasteiger partial charge < -0.3 is 9.47 Å². The van der Waals surface area contributed by atoms with Crippen molar-refractivity contribution in [3.05, 3.63) is 29.8 Å². The minimum atomic E-state index is -0.305. The topological polar surface area (TPSA) is 35.5 Å². The van der Waals surface area contributed by atoms with Crippen molar-refractivity contribution in [2.45, 2.75) is 52.1 Å². The Labute approximate surface area is 115 Å². The molecule has 0 amide bonds. The Hall–Kier alpha value is -1.51. The van der Waals surface area contributed by atoms with Crippen LogP contribution in [0, 0.1) is 0 Å². The van der Waals surface area contributed by atoms with Crippen molar-refractivity contribution in [1.29, 1.82) is 0 Å². The third kappa shape index (κ3) is 5.33. The van der Waals surface area contributed by atoms with Crippen LogP contribution in [0.2, 0.25) is 0 Å². The monoisotopic (exact) mass is 264 g/mol. The second kappa shape index (κ2) is 8.57. The van der Waals surface area contributed by atoms with Crippen LogP contribution in [0.15, 0.2) is 24.3 Å². The highest BCUT2D eigenvalue weighted by Gasteiger charge is 2.15. The zero-order valence-electron chi connectivity index (χ0n) is 12.1. The maximum atomic E-state index is 12.0. The van der Waals surface area contributed by atoms with E-state index in [0.717, 1.165) is 12.8 Å². The molecule has 19 heavy (non-hydrogen) atoms. The van der Waals surface area contributed by atoms with Gasteiger partial charge in [0.1, 0.15) is 11.3 Å². The van der Waals surface area contributed by atoms with E-state index >= 15 is 0 Å². The summed E-state index contributed by atoms with van der Waals surface area (Å²) >= 11 is 0. The first kappa shape index (κ1) is 15.5. The lowest BCUT2D eigenvalue weighted by Crippen LogP contribution is -2.15. The summed E-state index contributed by atoms with van der Waals surface area (Å²) in [6.45, 7) is 4.13. The average Bonchev–Trinajstić information content (AvgIpc) is 2.43. The standard InChI is InChI=1S/C16H24O3/c1-4-5-6-7-10-13(2)19-16(17)14-11-8-9-12-15(14)18-3/h8-9,11-13H,4-7,10H2,1-3H3/t13-/m0/s1. The molecule has 1 aromatic carbocycles. The second-order valence-electron chi connectivity index (χ2n) is 4.77. The van der Waals surface area contributed by atoms with Gasteiger partial charge in [-0.15, -0.1) is 0 Å². The van der Waals surface area contributed by atoms with Crippen molar-refractivity contribution in [3.63, 3.8) is 0 Å². The van der Waals surface area contributed by atoms with Crippen molar-refractivity contribution in [2.24, 2.45) is 0 Å². The fourth-order valence-corrected chi connectivity index (χ4v) is 1.98. The van der Waals surface area contributed by atoms with Gasteiger partial charge in [0.25, 0.3) is 0 Å². The Kier molecular flexibility index (Phi) is 7.01. The number of benzene rings is 1. The summed E-state index contributed by atoms with van der Waals surface area (Å²) in [7, 11) is 1.56. The first-order chi connectivity index (χ1) is 9.19. The summed E-state index contributed by atoms with van der Waals surface area (Å²) in [5.41, 5.74) is 0.491. The van der Waals surface area contributed by atoms with E-state index < -0.39 is 0 Å². The Morgan fingerprint density at radius 2 is 1.95 bits per heavy atom. The minimum absolute atomic E-state index is 0.0470. The molecule has 1 atom stereocenters. The van der Waals surface area contributed by atoms with E-state index in [-0.39, 0.29) is 12.1 Å². The molecule has 0 saturated heterocycles. The van der Waals surface area contributed by atoms with Crippen LogP contribution in [-0.2, 0) is 4.74 Å². The Balaban J connectivity index is 2.45. The lowest BCUT2D eigenvalue weighted by molar-refractivity contribution is 0.0316. The van der Waals surface area contributed by atoms with Gasteiger partial charge in [0.2, 0.25) is 0 Å². The molecule has 0 heterocycles. The van der Waals surface area contributed by atoms with Gasteiger partial charge in [-0.25, -0.2) is 4.79 Å². The van der Waals surface area contributed by atoms with Crippen LogP contribution in [0.5, 0.6) is 5.75 Å². The molecule has 0 saturated carbocycles. The quantitative estimate of drug-likeness (QED) is 0.521. The molecule has 3 nitrogen and oxygen atoms in total. The van der Waals surface area contributed by atoms with Gasteiger partial charge in [0.05, 0.1) is 13.2 Å². The van der Waals surface area contributed by atoms with Crippen molar-refractivity contribution in [3.8, 4) is 5.75 Å². The summed E-state index contributed by atoms with van der Waals surface area (Å²) in [6.07, 6.45) is 5.64. The fraction of sp³-hybridized carbons (Fsp3) is 0.562. The molecule has 0 bridgehead atoms. The molecule has 106 valence electrons. The molecular weight excluding hydrogens is 240 g/mol. The molecule has 3 heteroatoms. The predicted molar refractivity (Wildman–Crippen MR) is 76.6 cm³/mol. The number of unbranched alkanes of at least 4 members (excludes halogenated alkanes) is 3. The maximum Gasteiger partial charge on any atom is 0.342 e. The third-order valence-corrected chi connectivity index (χ3v) is 3.10. The molecule has 1 rings (SSSR count). The summed E-state index contributed by atoms with van der Waals surface area (Å²) in [4.78, 5) is 12.0.